The summed E-state index contributed by atoms with van der Waals surface area (Å²) in [6, 6.07) is 7.69. The standard InChI is InChI=1S/C14H20N2O2/c1-3-18-14(17)12-6-4-5-7-13(12)16-10-8-15(2)9-11-16/h4-7H,3,8-11H2,1-2H3. The molecule has 0 atom stereocenters. The average molecular weight is 248 g/mol. The molecule has 1 aromatic rings. The summed E-state index contributed by atoms with van der Waals surface area (Å²) in [5.74, 6) is -0.230. The van der Waals surface area contributed by atoms with Gasteiger partial charge in [-0.2, -0.15) is 0 Å². The molecule has 18 heavy (non-hydrogen) atoms. The number of piperazine rings is 1. The lowest BCUT2D eigenvalue weighted by molar-refractivity contribution is 0.0527. The summed E-state index contributed by atoms with van der Waals surface area (Å²) >= 11 is 0. The first kappa shape index (κ1) is 12.9. The van der Waals surface area contributed by atoms with Crippen LogP contribution in [-0.2, 0) is 4.74 Å². The Bertz CT molecular complexity index is 412. The van der Waals surface area contributed by atoms with Crippen LogP contribution in [0.25, 0.3) is 0 Å². The fourth-order valence-electron chi connectivity index (χ4n) is 2.18. The van der Waals surface area contributed by atoms with Crippen LogP contribution in [0.15, 0.2) is 24.3 Å². The molecule has 98 valence electrons. The quantitative estimate of drug-likeness (QED) is 0.761. The zero-order valence-corrected chi connectivity index (χ0v) is 11.1. The van der Waals surface area contributed by atoms with Crippen molar-refractivity contribution >= 4 is 11.7 Å². The van der Waals surface area contributed by atoms with Gasteiger partial charge in [-0.15, -0.1) is 0 Å². The maximum atomic E-state index is 11.9. The van der Waals surface area contributed by atoms with Gasteiger partial charge in [0.05, 0.1) is 17.9 Å². The lowest BCUT2D eigenvalue weighted by Crippen LogP contribution is -2.45. The minimum atomic E-state index is -0.230. The lowest BCUT2D eigenvalue weighted by atomic mass is 10.1. The number of carbonyl (C=O) groups is 1. The van der Waals surface area contributed by atoms with Gasteiger partial charge in [0.1, 0.15) is 0 Å². The van der Waals surface area contributed by atoms with Gasteiger partial charge >= 0.3 is 5.97 Å². The first-order valence-electron chi connectivity index (χ1n) is 6.42. The van der Waals surface area contributed by atoms with Gasteiger partial charge in [-0.3, -0.25) is 0 Å². The van der Waals surface area contributed by atoms with Gasteiger partial charge in [-0.1, -0.05) is 12.1 Å². The smallest absolute Gasteiger partial charge is 0.340 e. The molecule has 0 aliphatic carbocycles. The van der Waals surface area contributed by atoms with Gasteiger partial charge in [-0.25, -0.2) is 4.79 Å². The van der Waals surface area contributed by atoms with Crippen molar-refractivity contribution in [1.29, 1.82) is 0 Å². The molecule has 1 fully saturated rings. The molecule has 0 unspecified atom stereocenters. The first-order chi connectivity index (χ1) is 8.72. The number of hydrogen-bond acceptors (Lipinski definition) is 4. The molecule has 1 aliphatic rings. The van der Waals surface area contributed by atoms with Crippen molar-refractivity contribution in [2.45, 2.75) is 6.92 Å². The molecule has 1 aliphatic heterocycles. The topological polar surface area (TPSA) is 32.8 Å². The zero-order valence-electron chi connectivity index (χ0n) is 11.1. The van der Waals surface area contributed by atoms with Crippen LogP contribution in [-0.4, -0.2) is 50.7 Å². The number of likely N-dealkylation sites (N-methyl/N-ethyl adjacent to an activating group) is 1. The first-order valence-corrected chi connectivity index (χ1v) is 6.42. The molecule has 1 saturated heterocycles. The van der Waals surface area contributed by atoms with E-state index in [9.17, 15) is 4.79 Å². The van der Waals surface area contributed by atoms with E-state index in [0.29, 0.717) is 12.2 Å². The summed E-state index contributed by atoms with van der Waals surface area (Å²) < 4.78 is 5.10. The number of benzene rings is 1. The average Bonchev–Trinajstić information content (AvgIpc) is 2.40. The minimum absolute atomic E-state index is 0.230. The normalized spacial score (nSPS) is 16.7. The van der Waals surface area contributed by atoms with Crippen molar-refractivity contribution in [3.05, 3.63) is 29.8 Å². The van der Waals surface area contributed by atoms with Crippen LogP contribution in [0.5, 0.6) is 0 Å². The molecular formula is C14H20N2O2. The maximum Gasteiger partial charge on any atom is 0.340 e. The highest BCUT2D eigenvalue weighted by Crippen LogP contribution is 2.22. The Hall–Kier alpha value is -1.55. The van der Waals surface area contributed by atoms with Gasteiger partial charge in [0, 0.05) is 26.2 Å². The van der Waals surface area contributed by atoms with Crippen LogP contribution in [0.4, 0.5) is 5.69 Å². The number of carbonyl (C=O) groups excluding carboxylic acids is 1. The molecule has 0 N–H and O–H groups in total. The Kier molecular flexibility index (Phi) is 4.20. The van der Waals surface area contributed by atoms with E-state index >= 15 is 0 Å². The van der Waals surface area contributed by atoms with Crippen LogP contribution in [0, 0.1) is 0 Å². The number of hydrogen-bond donors (Lipinski definition) is 0. The summed E-state index contributed by atoms with van der Waals surface area (Å²) in [5, 5.41) is 0. The van der Waals surface area contributed by atoms with E-state index in [1.54, 1.807) is 0 Å². The summed E-state index contributed by atoms with van der Waals surface area (Å²) in [6.07, 6.45) is 0. The van der Waals surface area contributed by atoms with Crippen molar-refractivity contribution in [2.75, 3.05) is 44.7 Å². The fourth-order valence-corrected chi connectivity index (χ4v) is 2.18. The number of esters is 1. The van der Waals surface area contributed by atoms with Crippen molar-refractivity contribution in [3.8, 4) is 0 Å². The Balaban J connectivity index is 2.19. The van der Waals surface area contributed by atoms with E-state index in [-0.39, 0.29) is 5.97 Å². The monoisotopic (exact) mass is 248 g/mol. The zero-order chi connectivity index (χ0) is 13.0. The van der Waals surface area contributed by atoms with Crippen LogP contribution in [0.1, 0.15) is 17.3 Å². The van der Waals surface area contributed by atoms with E-state index in [0.717, 1.165) is 31.9 Å². The maximum absolute atomic E-state index is 11.9. The predicted molar refractivity (Wildman–Crippen MR) is 72.1 cm³/mol. The third kappa shape index (κ3) is 2.82. The van der Waals surface area contributed by atoms with E-state index in [4.69, 9.17) is 4.74 Å². The number of ether oxygens (including phenoxy) is 1. The molecule has 0 spiro atoms. The van der Waals surface area contributed by atoms with Crippen molar-refractivity contribution in [3.63, 3.8) is 0 Å². The number of anilines is 1. The Morgan fingerprint density at radius 2 is 1.89 bits per heavy atom. The summed E-state index contributed by atoms with van der Waals surface area (Å²) in [4.78, 5) is 16.5. The molecule has 0 amide bonds. The third-order valence-electron chi connectivity index (χ3n) is 3.24. The Morgan fingerprint density at radius 3 is 2.56 bits per heavy atom. The second-order valence-electron chi connectivity index (χ2n) is 4.53. The number of para-hydroxylation sites is 1. The van der Waals surface area contributed by atoms with Crippen molar-refractivity contribution in [1.82, 2.24) is 4.90 Å². The van der Waals surface area contributed by atoms with Gasteiger partial charge in [0.15, 0.2) is 0 Å². The predicted octanol–water partition coefficient (Wildman–Crippen LogP) is 1.62. The SMILES string of the molecule is CCOC(=O)c1ccccc1N1CCN(C)CC1. The lowest BCUT2D eigenvalue weighted by Gasteiger charge is -2.34. The molecule has 1 heterocycles. The van der Waals surface area contributed by atoms with E-state index in [1.165, 1.54) is 0 Å². The van der Waals surface area contributed by atoms with Gasteiger partial charge in [0.25, 0.3) is 0 Å². The number of nitrogens with zero attached hydrogens (tertiary/aromatic N) is 2. The molecule has 4 nitrogen and oxygen atoms in total. The molecule has 4 heteroatoms. The summed E-state index contributed by atoms with van der Waals surface area (Å²) in [5.41, 5.74) is 1.66. The highest BCUT2D eigenvalue weighted by atomic mass is 16.5. The summed E-state index contributed by atoms with van der Waals surface area (Å²) in [7, 11) is 2.12. The second kappa shape index (κ2) is 5.87. The van der Waals surface area contributed by atoms with Crippen LogP contribution in [0.3, 0.4) is 0 Å². The largest absolute Gasteiger partial charge is 0.462 e. The van der Waals surface area contributed by atoms with Crippen molar-refractivity contribution in [2.24, 2.45) is 0 Å². The third-order valence-corrected chi connectivity index (χ3v) is 3.24. The van der Waals surface area contributed by atoms with Gasteiger partial charge in [0.2, 0.25) is 0 Å². The van der Waals surface area contributed by atoms with E-state index in [2.05, 4.69) is 16.8 Å². The second-order valence-corrected chi connectivity index (χ2v) is 4.53. The fraction of sp³-hybridized carbons (Fsp3) is 0.500. The highest BCUT2D eigenvalue weighted by molar-refractivity contribution is 5.95. The van der Waals surface area contributed by atoms with E-state index < -0.39 is 0 Å². The molecule has 0 radical (unpaired) electrons. The van der Waals surface area contributed by atoms with Crippen molar-refractivity contribution < 1.29 is 9.53 Å². The van der Waals surface area contributed by atoms with Gasteiger partial charge < -0.3 is 14.5 Å². The Labute approximate surface area is 108 Å². The molecule has 0 bridgehead atoms. The minimum Gasteiger partial charge on any atom is -0.462 e. The van der Waals surface area contributed by atoms with Crippen LogP contribution >= 0.6 is 0 Å². The van der Waals surface area contributed by atoms with E-state index in [1.807, 2.05) is 31.2 Å². The van der Waals surface area contributed by atoms with Crippen LogP contribution < -0.4 is 4.90 Å². The molecule has 1 aromatic carbocycles. The number of rotatable bonds is 3. The molecule has 0 saturated carbocycles. The van der Waals surface area contributed by atoms with Crippen LogP contribution in [0.2, 0.25) is 0 Å². The molecule has 0 aromatic heterocycles. The highest BCUT2D eigenvalue weighted by Gasteiger charge is 2.20. The summed E-state index contributed by atoms with van der Waals surface area (Å²) in [6.45, 7) is 6.19. The molecule has 2 rings (SSSR count). The molecular weight excluding hydrogens is 228 g/mol. The van der Waals surface area contributed by atoms with Gasteiger partial charge in [-0.05, 0) is 26.1 Å². The Morgan fingerprint density at radius 1 is 1.22 bits per heavy atom.